The van der Waals surface area contributed by atoms with Crippen LogP contribution in [0.5, 0.6) is 0 Å². The summed E-state index contributed by atoms with van der Waals surface area (Å²) in [7, 11) is 0. The lowest BCUT2D eigenvalue weighted by Gasteiger charge is -2.26. The molecule has 0 fully saturated rings. The van der Waals surface area contributed by atoms with E-state index in [1.165, 1.54) is 6.92 Å². The zero-order valence-electron chi connectivity index (χ0n) is 15.5. The van der Waals surface area contributed by atoms with Gasteiger partial charge in [-0.3, -0.25) is 19.2 Å². The Morgan fingerprint density at radius 2 is 1.39 bits per heavy atom. The van der Waals surface area contributed by atoms with Gasteiger partial charge in [0.15, 0.2) is 6.04 Å². The number of primary amides is 1. The Labute approximate surface area is 160 Å². The minimum absolute atomic E-state index is 0.188. The van der Waals surface area contributed by atoms with Gasteiger partial charge in [0.05, 0.1) is 18.8 Å². The van der Waals surface area contributed by atoms with Gasteiger partial charge in [-0.1, -0.05) is 0 Å². The van der Waals surface area contributed by atoms with Gasteiger partial charge in [0.25, 0.3) is 0 Å². The number of carboxylic acids is 1. The molecule has 0 aromatic rings. The van der Waals surface area contributed by atoms with Crippen molar-refractivity contribution in [2.75, 3.05) is 6.54 Å². The average Bonchev–Trinajstić information content (AvgIpc) is 2.59. The fourth-order valence-electron chi connectivity index (χ4n) is 2.10. The van der Waals surface area contributed by atoms with Crippen LogP contribution in [-0.2, 0) is 24.0 Å². The summed E-state index contributed by atoms with van der Waals surface area (Å²) in [6.07, 6.45) is -3.34. The monoisotopic (exact) mass is 405 g/mol. The maximum Gasteiger partial charge on any atom is 0.328 e. The van der Waals surface area contributed by atoms with Crippen LogP contribution in [0.25, 0.3) is 0 Å². The number of carbonyl (C=O) groups excluding carboxylic acids is 4. The lowest BCUT2D eigenvalue weighted by atomic mass is 10.1. The first kappa shape index (κ1) is 25.2. The summed E-state index contributed by atoms with van der Waals surface area (Å²) < 4.78 is 0. The SMILES string of the molecule is CC(O)C(NC(=O)C(NC(=O)C(CCC(N)=O)NC(=O)CN)C(C)O)C(=O)O. The number of aliphatic hydroxyl groups excluding tert-OH is 2. The van der Waals surface area contributed by atoms with E-state index in [4.69, 9.17) is 16.6 Å². The quantitative estimate of drug-likeness (QED) is 0.156. The van der Waals surface area contributed by atoms with Gasteiger partial charge in [0, 0.05) is 6.42 Å². The van der Waals surface area contributed by atoms with Gasteiger partial charge in [0.2, 0.25) is 23.6 Å². The predicted octanol–water partition coefficient (Wildman–Crippen LogP) is -4.49. The van der Waals surface area contributed by atoms with Crippen molar-refractivity contribution in [3.63, 3.8) is 0 Å². The molecule has 10 N–H and O–H groups in total. The summed E-state index contributed by atoms with van der Waals surface area (Å²) in [5.41, 5.74) is 10.2. The van der Waals surface area contributed by atoms with Gasteiger partial charge in [-0.05, 0) is 20.3 Å². The summed E-state index contributed by atoms with van der Waals surface area (Å²) >= 11 is 0. The third kappa shape index (κ3) is 8.75. The molecule has 13 heteroatoms. The van der Waals surface area contributed by atoms with Crippen molar-refractivity contribution in [3.8, 4) is 0 Å². The first-order chi connectivity index (χ1) is 12.9. The molecule has 0 aliphatic heterocycles. The van der Waals surface area contributed by atoms with E-state index in [2.05, 4.69) is 10.6 Å². The maximum absolute atomic E-state index is 12.4. The number of rotatable bonds is 12. The van der Waals surface area contributed by atoms with E-state index in [9.17, 15) is 34.2 Å². The second-order valence-electron chi connectivity index (χ2n) is 6.12. The van der Waals surface area contributed by atoms with Crippen molar-refractivity contribution < 1.29 is 39.3 Å². The van der Waals surface area contributed by atoms with Crippen molar-refractivity contribution in [2.45, 2.75) is 57.0 Å². The van der Waals surface area contributed by atoms with E-state index in [0.29, 0.717) is 0 Å². The lowest BCUT2D eigenvalue weighted by Crippen LogP contribution is -2.60. The molecule has 0 rings (SSSR count). The fraction of sp³-hybridized carbons (Fsp3) is 0.667. The van der Waals surface area contributed by atoms with Gasteiger partial charge in [-0.15, -0.1) is 0 Å². The largest absolute Gasteiger partial charge is 0.480 e. The zero-order valence-corrected chi connectivity index (χ0v) is 15.5. The smallest absolute Gasteiger partial charge is 0.328 e. The molecule has 0 saturated heterocycles. The highest BCUT2D eigenvalue weighted by molar-refractivity contribution is 5.94. The molecule has 0 saturated carbocycles. The van der Waals surface area contributed by atoms with E-state index in [1.807, 2.05) is 5.32 Å². The number of hydrogen-bond acceptors (Lipinski definition) is 8. The normalized spacial score (nSPS) is 16.0. The molecule has 0 aromatic heterocycles. The van der Waals surface area contributed by atoms with Crippen LogP contribution >= 0.6 is 0 Å². The number of nitrogens with one attached hydrogen (secondary N) is 3. The van der Waals surface area contributed by atoms with E-state index in [1.54, 1.807) is 0 Å². The Balaban J connectivity index is 5.30. The third-order valence-corrected chi connectivity index (χ3v) is 3.63. The lowest BCUT2D eigenvalue weighted by molar-refractivity contribution is -0.146. The summed E-state index contributed by atoms with van der Waals surface area (Å²) in [5, 5.41) is 34.6. The Morgan fingerprint density at radius 3 is 1.79 bits per heavy atom. The van der Waals surface area contributed by atoms with E-state index >= 15 is 0 Å². The number of aliphatic carboxylic acids is 1. The number of carboxylic acid groups (broad SMARTS) is 1. The number of aliphatic hydroxyl groups is 2. The summed E-state index contributed by atoms with van der Waals surface area (Å²) in [4.78, 5) is 58.1. The van der Waals surface area contributed by atoms with E-state index < -0.39 is 66.5 Å². The number of carbonyl (C=O) groups is 5. The van der Waals surface area contributed by atoms with Crippen LogP contribution in [0.15, 0.2) is 0 Å². The standard InChI is InChI=1S/C15H27N5O8/c1-6(21)11(14(26)20-12(7(2)22)15(27)28)19-13(25)8(3-4-9(17)23)18-10(24)5-16/h6-8,11-12,21-22H,3-5,16H2,1-2H3,(H2,17,23)(H,18,24)(H,19,25)(H,20,26)(H,27,28). The van der Waals surface area contributed by atoms with Crippen molar-refractivity contribution >= 4 is 29.6 Å². The Kier molecular flexibility index (Phi) is 10.7. The number of nitrogens with two attached hydrogens (primary N) is 2. The summed E-state index contributed by atoms with van der Waals surface area (Å²) in [6.45, 7) is 1.87. The van der Waals surface area contributed by atoms with Gasteiger partial charge in [0.1, 0.15) is 12.1 Å². The van der Waals surface area contributed by atoms with Crippen molar-refractivity contribution in [1.82, 2.24) is 16.0 Å². The first-order valence-electron chi connectivity index (χ1n) is 8.38. The summed E-state index contributed by atoms with van der Waals surface area (Å²) in [6, 6.07) is -4.54. The summed E-state index contributed by atoms with van der Waals surface area (Å²) in [5.74, 6) is -4.95. The predicted molar refractivity (Wildman–Crippen MR) is 94.3 cm³/mol. The molecular formula is C15H27N5O8. The third-order valence-electron chi connectivity index (χ3n) is 3.63. The van der Waals surface area contributed by atoms with Crippen LogP contribution in [0.4, 0.5) is 0 Å². The maximum atomic E-state index is 12.4. The van der Waals surface area contributed by atoms with Crippen LogP contribution < -0.4 is 27.4 Å². The second-order valence-corrected chi connectivity index (χ2v) is 6.12. The molecule has 0 radical (unpaired) electrons. The molecule has 13 nitrogen and oxygen atoms in total. The Morgan fingerprint density at radius 1 is 0.893 bits per heavy atom. The molecule has 4 amide bonds. The molecule has 0 spiro atoms. The highest BCUT2D eigenvalue weighted by Gasteiger charge is 2.33. The molecule has 28 heavy (non-hydrogen) atoms. The molecule has 160 valence electrons. The Bertz CT molecular complexity index is 595. The minimum Gasteiger partial charge on any atom is -0.480 e. The highest BCUT2D eigenvalue weighted by Crippen LogP contribution is 2.02. The number of amides is 4. The van der Waals surface area contributed by atoms with Crippen molar-refractivity contribution in [3.05, 3.63) is 0 Å². The molecule has 5 atom stereocenters. The zero-order chi connectivity index (χ0) is 22.0. The van der Waals surface area contributed by atoms with Crippen LogP contribution in [-0.4, -0.2) is 81.8 Å². The molecule has 0 aromatic carbocycles. The fourth-order valence-corrected chi connectivity index (χ4v) is 2.10. The molecule has 0 aliphatic carbocycles. The van der Waals surface area contributed by atoms with Gasteiger partial charge >= 0.3 is 5.97 Å². The number of hydrogen-bond donors (Lipinski definition) is 8. The van der Waals surface area contributed by atoms with Gasteiger partial charge in [-0.25, -0.2) is 4.79 Å². The second kappa shape index (κ2) is 11.8. The molecular weight excluding hydrogens is 378 g/mol. The topological polar surface area (TPSA) is 234 Å². The van der Waals surface area contributed by atoms with Gasteiger partial charge in [-0.2, -0.15) is 0 Å². The molecule has 0 aliphatic rings. The molecule has 5 unspecified atom stereocenters. The van der Waals surface area contributed by atoms with Gasteiger partial charge < -0.3 is 42.7 Å². The molecule has 0 bridgehead atoms. The van der Waals surface area contributed by atoms with Crippen LogP contribution in [0.2, 0.25) is 0 Å². The molecule has 0 heterocycles. The van der Waals surface area contributed by atoms with Crippen LogP contribution in [0.1, 0.15) is 26.7 Å². The van der Waals surface area contributed by atoms with Crippen LogP contribution in [0, 0.1) is 0 Å². The van der Waals surface area contributed by atoms with E-state index in [-0.39, 0.29) is 12.8 Å². The van der Waals surface area contributed by atoms with E-state index in [0.717, 1.165) is 6.92 Å². The highest BCUT2D eigenvalue weighted by atomic mass is 16.4. The first-order valence-corrected chi connectivity index (χ1v) is 8.38. The minimum atomic E-state index is -1.67. The van der Waals surface area contributed by atoms with Crippen LogP contribution in [0.3, 0.4) is 0 Å². The van der Waals surface area contributed by atoms with Crippen molar-refractivity contribution in [2.24, 2.45) is 11.5 Å². The average molecular weight is 405 g/mol. The van der Waals surface area contributed by atoms with Crippen molar-refractivity contribution in [1.29, 1.82) is 0 Å². The Hall–Kier alpha value is -2.77.